The summed E-state index contributed by atoms with van der Waals surface area (Å²) >= 11 is 0. The Morgan fingerprint density at radius 2 is 1.52 bits per heavy atom. The second-order valence-electron chi connectivity index (χ2n) is 5.73. The molecule has 0 spiro atoms. The van der Waals surface area contributed by atoms with Crippen LogP contribution in [0.4, 0.5) is 0 Å². The van der Waals surface area contributed by atoms with E-state index >= 15 is 0 Å². The van der Waals surface area contributed by atoms with Gasteiger partial charge in [0.05, 0.1) is 0 Å². The molecule has 1 heteroatoms. The molecule has 0 aliphatic rings. The zero-order chi connectivity index (χ0) is 14.9. The van der Waals surface area contributed by atoms with E-state index in [2.05, 4.69) is 61.6 Å². The Hall–Kier alpha value is -1.63. The third kappa shape index (κ3) is 4.70. The van der Waals surface area contributed by atoms with E-state index in [1.807, 2.05) is 0 Å². The summed E-state index contributed by atoms with van der Waals surface area (Å²) < 4.78 is 0. The van der Waals surface area contributed by atoms with Crippen molar-refractivity contribution in [3.8, 4) is 0 Å². The number of aryl methyl sites for hydroxylation is 3. The maximum Gasteiger partial charge on any atom is 0.0302 e. The summed E-state index contributed by atoms with van der Waals surface area (Å²) in [6.45, 7) is 4.48. The van der Waals surface area contributed by atoms with Crippen LogP contribution in [-0.4, -0.2) is 4.98 Å². The molecule has 0 atom stereocenters. The second kappa shape index (κ2) is 8.61. The number of rotatable bonds is 8. The van der Waals surface area contributed by atoms with Crippen LogP contribution in [0.1, 0.15) is 55.4 Å². The number of nitrogens with zero attached hydrogens (tertiary/aromatic N) is 1. The Morgan fingerprint density at radius 1 is 0.810 bits per heavy atom. The first-order chi connectivity index (χ1) is 10.3. The van der Waals surface area contributed by atoms with Crippen LogP contribution in [0.3, 0.4) is 0 Å². The average Bonchev–Trinajstić information content (AvgIpc) is 2.53. The van der Waals surface area contributed by atoms with Crippen molar-refractivity contribution in [3.63, 3.8) is 0 Å². The lowest BCUT2D eigenvalue weighted by Gasteiger charge is -2.13. The van der Waals surface area contributed by atoms with E-state index in [1.165, 1.54) is 48.8 Å². The van der Waals surface area contributed by atoms with Crippen molar-refractivity contribution in [3.05, 3.63) is 65.0 Å². The van der Waals surface area contributed by atoms with Crippen molar-refractivity contribution in [2.75, 3.05) is 0 Å². The highest BCUT2D eigenvalue weighted by Crippen LogP contribution is 2.19. The van der Waals surface area contributed by atoms with Crippen LogP contribution in [0.2, 0.25) is 0 Å². The summed E-state index contributed by atoms with van der Waals surface area (Å²) in [5, 5.41) is 0. The van der Waals surface area contributed by atoms with Gasteiger partial charge in [0, 0.05) is 12.4 Å². The molecule has 2 aromatic rings. The lowest BCUT2D eigenvalue weighted by atomic mass is 9.94. The van der Waals surface area contributed by atoms with E-state index < -0.39 is 0 Å². The maximum absolute atomic E-state index is 4.41. The first-order valence-electron chi connectivity index (χ1n) is 8.33. The van der Waals surface area contributed by atoms with E-state index in [-0.39, 0.29) is 0 Å². The standard InChI is InChI=1S/C20H27N/c1-3-10-19-16-21-15-18(4-2)20(19)14-9-8-13-17-11-6-5-7-12-17/h5-7,11-12,15-16H,3-4,8-10,13-14H2,1-2H3. The van der Waals surface area contributed by atoms with Crippen molar-refractivity contribution in [2.24, 2.45) is 0 Å². The van der Waals surface area contributed by atoms with Gasteiger partial charge in [0.1, 0.15) is 0 Å². The number of hydrogen-bond donors (Lipinski definition) is 0. The fourth-order valence-corrected chi connectivity index (χ4v) is 2.97. The fraction of sp³-hybridized carbons (Fsp3) is 0.450. The van der Waals surface area contributed by atoms with E-state index in [1.54, 1.807) is 5.56 Å². The van der Waals surface area contributed by atoms with Gasteiger partial charge in [-0.15, -0.1) is 0 Å². The van der Waals surface area contributed by atoms with Crippen molar-refractivity contribution in [1.29, 1.82) is 0 Å². The molecule has 0 unspecified atom stereocenters. The van der Waals surface area contributed by atoms with Gasteiger partial charge in [-0.25, -0.2) is 0 Å². The molecule has 112 valence electrons. The lowest BCUT2D eigenvalue weighted by Crippen LogP contribution is -2.02. The summed E-state index contributed by atoms with van der Waals surface area (Å²) in [6.07, 6.45) is 12.5. The SMILES string of the molecule is CCCc1cncc(CC)c1CCCCc1ccccc1. The van der Waals surface area contributed by atoms with Crippen LogP contribution in [0.25, 0.3) is 0 Å². The number of benzene rings is 1. The van der Waals surface area contributed by atoms with Crippen LogP contribution < -0.4 is 0 Å². The third-order valence-corrected chi connectivity index (χ3v) is 4.12. The van der Waals surface area contributed by atoms with Crippen LogP contribution in [0, 0.1) is 0 Å². The van der Waals surface area contributed by atoms with Crippen LogP contribution >= 0.6 is 0 Å². The topological polar surface area (TPSA) is 12.9 Å². The lowest BCUT2D eigenvalue weighted by molar-refractivity contribution is 0.720. The maximum atomic E-state index is 4.41. The summed E-state index contributed by atoms with van der Waals surface area (Å²) in [6, 6.07) is 10.8. The number of unbranched alkanes of at least 4 members (excludes halogenated alkanes) is 1. The van der Waals surface area contributed by atoms with E-state index in [0.29, 0.717) is 0 Å². The molecule has 0 saturated carbocycles. The van der Waals surface area contributed by atoms with Gasteiger partial charge in [-0.1, -0.05) is 50.6 Å². The second-order valence-corrected chi connectivity index (χ2v) is 5.73. The van der Waals surface area contributed by atoms with Crippen LogP contribution in [-0.2, 0) is 25.7 Å². The van der Waals surface area contributed by atoms with Crippen molar-refractivity contribution in [2.45, 2.75) is 58.8 Å². The molecule has 21 heavy (non-hydrogen) atoms. The average molecular weight is 281 g/mol. The zero-order valence-corrected chi connectivity index (χ0v) is 13.4. The Bertz CT molecular complexity index is 531. The molecule has 0 saturated heterocycles. The highest BCUT2D eigenvalue weighted by Gasteiger charge is 2.07. The normalized spacial score (nSPS) is 10.8. The first-order valence-corrected chi connectivity index (χ1v) is 8.33. The number of aromatic nitrogens is 1. The monoisotopic (exact) mass is 281 g/mol. The Balaban J connectivity index is 1.92. The minimum atomic E-state index is 1.10. The molecular weight excluding hydrogens is 254 g/mol. The minimum Gasteiger partial charge on any atom is -0.264 e. The first kappa shape index (κ1) is 15.8. The quantitative estimate of drug-likeness (QED) is 0.609. The van der Waals surface area contributed by atoms with Crippen LogP contribution in [0.15, 0.2) is 42.7 Å². The van der Waals surface area contributed by atoms with E-state index in [4.69, 9.17) is 0 Å². The molecule has 1 heterocycles. The fourth-order valence-electron chi connectivity index (χ4n) is 2.97. The molecule has 0 aliphatic heterocycles. The van der Waals surface area contributed by atoms with Crippen molar-refractivity contribution < 1.29 is 0 Å². The molecule has 1 aromatic heterocycles. The zero-order valence-electron chi connectivity index (χ0n) is 13.4. The molecule has 0 amide bonds. The van der Waals surface area contributed by atoms with Gasteiger partial charge in [-0.05, 0) is 60.8 Å². The van der Waals surface area contributed by atoms with Gasteiger partial charge in [-0.2, -0.15) is 0 Å². The number of pyridine rings is 1. The van der Waals surface area contributed by atoms with Crippen molar-refractivity contribution in [1.82, 2.24) is 4.98 Å². The molecular formula is C20H27N. The van der Waals surface area contributed by atoms with Crippen LogP contribution in [0.5, 0.6) is 0 Å². The molecule has 0 fully saturated rings. The molecule has 0 aliphatic carbocycles. The summed E-state index contributed by atoms with van der Waals surface area (Å²) in [4.78, 5) is 4.41. The predicted molar refractivity (Wildman–Crippen MR) is 90.7 cm³/mol. The van der Waals surface area contributed by atoms with E-state index in [9.17, 15) is 0 Å². The molecule has 0 bridgehead atoms. The van der Waals surface area contributed by atoms with E-state index in [0.717, 1.165) is 12.8 Å². The Morgan fingerprint density at radius 3 is 2.24 bits per heavy atom. The molecule has 2 rings (SSSR count). The molecule has 0 radical (unpaired) electrons. The highest BCUT2D eigenvalue weighted by atomic mass is 14.6. The molecule has 1 nitrogen and oxygen atoms in total. The van der Waals surface area contributed by atoms with Gasteiger partial charge >= 0.3 is 0 Å². The predicted octanol–water partition coefficient (Wildman–Crippen LogP) is 5.16. The van der Waals surface area contributed by atoms with Gasteiger partial charge < -0.3 is 0 Å². The molecule has 1 aromatic carbocycles. The summed E-state index contributed by atoms with van der Waals surface area (Å²) in [5.74, 6) is 0. The largest absolute Gasteiger partial charge is 0.264 e. The molecule has 0 N–H and O–H groups in total. The van der Waals surface area contributed by atoms with Gasteiger partial charge in [0.2, 0.25) is 0 Å². The highest BCUT2D eigenvalue weighted by molar-refractivity contribution is 5.32. The van der Waals surface area contributed by atoms with Crippen molar-refractivity contribution >= 4 is 0 Å². The Labute approximate surface area is 129 Å². The third-order valence-electron chi connectivity index (χ3n) is 4.12. The Kier molecular flexibility index (Phi) is 6.46. The van der Waals surface area contributed by atoms with Gasteiger partial charge in [0.25, 0.3) is 0 Å². The van der Waals surface area contributed by atoms with Gasteiger partial charge in [0.15, 0.2) is 0 Å². The summed E-state index contributed by atoms with van der Waals surface area (Å²) in [5.41, 5.74) is 5.94. The minimum absolute atomic E-state index is 1.10. The van der Waals surface area contributed by atoms with Gasteiger partial charge in [-0.3, -0.25) is 4.98 Å². The number of hydrogen-bond acceptors (Lipinski definition) is 1. The smallest absolute Gasteiger partial charge is 0.0302 e. The summed E-state index contributed by atoms with van der Waals surface area (Å²) in [7, 11) is 0.